The van der Waals surface area contributed by atoms with E-state index in [4.69, 9.17) is 5.73 Å². The van der Waals surface area contributed by atoms with E-state index < -0.39 is 6.04 Å². The van der Waals surface area contributed by atoms with Gasteiger partial charge in [-0.3, -0.25) is 9.20 Å². The Morgan fingerprint density at radius 1 is 1.33 bits per heavy atom. The van der Waals surface area contributed by atoms with Crippen LogP contribution >= 0.6 is 11.3 Å². The zero-order chi connectivity index (χ0) is 14.8. The largest absolute Gasteiger partial charge is 0.345 e. The highest BCUT2D eigenvalue weighted by atomic mass is 32.1. The van der Waals surface area contributed by atoms with Crippen LogP contribution in [0.4, 0.5) is 0 Å². The number of fused-ring (bicyclic) bond motifs is 1. The van der Waals surface area contributed by atoms with E-state index in [-0.39, 0.29) is 11.9 Å². The van der Waals surface area contributed by atoms with Crippen molar-refractivity contribution in [3.63, 3.8) is 0 Å². The van der Waals surface area contributed by atoms with Gasteiger partial charge < -0.3 is 11.1 Å². The van der Waals surface area contributed by atoms with Crippen LogP contribution in [0.2, 0.25) is 0 Å². The number of aromatic nitrogens is 3. The van der Waals surface area contributed by atoms with E-state index in [0.717, 1.165) is 10.5 Å². The highest BCUT2D eigenvalue weighted by molar-refractivity contribution is 7.10. The Morgan fingerprint density at radius 3 is 2.95 bits per heavy atom. The molecule has 2 atom stereocenters. The molecule has 108 valence electrons. The van der Waals surface area contributed by atoms with E-state index in [1.807, 2.05) is 53.2 Å². The maximum atomic E-state index is 12.2. The van der Waals surface area contributed by atoms with E-state index in [1.165, 1.54) is 11.3 Å². The van der Waals surface area contributed by atoms with Crippen molar-refractivity contribution in [3.05, 3.63) is 52.6 Å². The minimum absolute atomic E-state index is 0.224. The van der Waals surface area contributed by atoms with Gasteiger partial charge in [0.25, 0.3) is 0 Å². The number of nitrogens with two attached hydrogens (primary N) is 1. The Bertz CT molecular complexity index is 752. The average molecular weight is 301 g/mol. The number of nitrogens with one attached hydrogen (secondary N) is 1. The number of amides is 1. The first-order valence-corrected chi connectivity index (χ1v) is 7.44. The van der Waals surface area contributed by atoms with E-state index in [9.17, 15) is 4.79 Å². The van der Waals surface area contributed by atoms with Crippen molar-refractivity contribution < 1.29 is 4.79 Å². The standard InChI is InChI=1S/C14H15N5OS/c1-9(13-18-17-11-6-2-3-7-19(11)13)16-14(20)12(15)10-5-4-8-21-10/h2-9,12H,15H2,1H3,(H,16,20). The molecule has 0 fully saturated rings. The second kappa shape index (κ2) is 5.63. The van der Waals surface area contributed by atoms with Crippen LogP contribution < -0.4 is 11.1 Å². The topological polar surface area (TPSA) is 85.3 Å². The number of thiophene rings is 1. The van der Waals surface area contributed by atoms with Crippen molar-refractivity contribution in [1.29, 1.82) is 0 Å². The summed E-state index contributed by atoms with van der Waals surface area (Å²) in [6, 6.07) is 8.44. The molecule has 0 aliphatic carbocycles. The van der Waals surface area contributed by atoms with Gasteiger partial charge in [-0.15, -0.1) is 21.5 Å². The lowest BCUT2D eigenvalue weighted by molar-refractivity contribution is -0.123. The Labute approximate surface area is 125 Å². The summed E-state index contributed by atoms with van der Waals surface area (Å²) in [5.41, 5.74) is 6.70. The van der Waals surface area contributed by atoms with Crippen LogP contribution in [-0.2, 0) is 4.79 Å². The normalized spacial score (nSPS) is 14.0. The molecule has 0 saturated heterocycles. The van der Waals surface area contributed by atoms with Gasteiger partial charge in [-0.2, -0.15) is 0 Å². The molecule has 3 aromatic heterocycles. The summed E-state index contributed by atoms with van der Waals surface area (Å²) in [5, 5.41) is 13.0. The van der Waals surface area contributed by atoms with Gasteiger partial charge >= 0.3 is 0 Å². The molecule has 6 nitrogen and oxygen atoms in total. The Hall–Kier alpha value is -2.25. The van der Waals surface area contributed by atoms with Crippen LogP contribution in [0.5, 0.6) is 0 Å². The highest BCUT2D eigenvalue weighted by Gasteiger charge is 2.21. The number of pyridine rings is 1. The average Bonchev–Trinajstić information content (AvgIpc) is 3.15. The summed E-state index contributed by atoms with van der Waals surface area (Å²) >= 11 is 1.47. The first kappa shape index (κ1) is 13.7. The Balaban J connectivity index is 1.77. The van der Waals surface area contributed by atoms with E-state index in [1.54, 1.807) is 0 Å². The minimum atomic E-state index is -0.661. The second-order valence-electron chi connectivity index (χ2n) is 4.71. The molecule has 0 aliphatic heterocycles. The van der Waals surface area contributed by atoms with Gasteiger partial charge in [0.1, 0.15) is 6.04 Å². The van der Waals surface area contributed by atoms with Gasteiger partial charge in [-0.1, -0.05) is 12.1 Å². The number of hydrogen-bond donors (Lipinski definition) is 2. The van der Waals surface area contributed by atoms with Gasteiger partial charge in [0.2, 0.25) is 5.91 Å². The summed E-state index contributed by atoms with van der Waals surface area (Å²) in [5.74, 6) is 0.454. The van der Waals surface area contributed by atoms with Crippen LogP contribution in [0.3, 0.4) is 0 Å². The van der Waals surface area contributed by atoms with E-state index >= 15 is 0 Å². The van der Waals surface area contributed by atoms with Crippen LogP contribution in [0, 0.1) is 0 Å². The van der Waals surface area contributed by atoms with Crippen molar-refractivity contribution in [1.82, 2.24) is 19.9 Å². The van der Waals surface area contributed by atoms with Crippen molar-refractivity contribution in [2.45, 2.75) is 19.0 Å². The molecule has 0 saturated carbocycles. The summed E-state index contributed by atoms with van der Waals surface area (Å²) in [4.78, 5) is 13.0. The number of hydrogen-bond acceptors (Lipinski definition) is 5. The van der Waals surface area contributed by atoms with E-state index in [0.29, 0.717) is 5.82 Å². The van der Waals surface area contributed by atoms with E-state index in [2.05, 4.69) is 15.5 Å². The van der Waals surface area contributed by atoms with Crippen molar-refractivity contribution in [2.24, 2.45) is 5.73 Å². The van der Waals surface area contributed by atoms with Gasteiger partial charge in [0, 0.05) is 11.1 Å². The fourth-order valence-corrected chi connectivity index (χ4v) is 2.85. The molecule has 0 spiro atoms. The molecular weight excluding hydrogens is 286 g/mol. The number of nitrogens with zero attached hydrogens (tertiary/aromatic N) is 3. The highest BCUT2D eigenvalue weighted by Crippen LogP contribution is 2.18. The second-order valence-corrected chi connectivity index (χ2v) is 5.69. The van der Waals surface area contributed by atoms with Gasteiger partial charge in [0.15, 0.2) is 11.5 Å². The quantitative estimate of drug-likeness (QED) is 0.767. The maximum Gasteiger partial charge on any atom is 0.242 e. The lowest BCUT2D eigenvalue weighted by Gasteiger charge is -2.15. The fraction of sp³-hybridized carbons (Fsp3) is 0.214. The fourth-order valence-electron chi connectivity index (χ4n) is 2.12. The molecule has 2 unspecified atom stereocenters. The van der Waals surface area contributed by atoms with Crippen molar-refractivity contribution >= 4 is 22.9 Å². The Kier molecular flexibility index (Phi) is 3.68. The van der Waals surface area contributed by atoms with Crippen LogP contribution in [0.1, 0.15) is 29.7 Å². The molecule has 1 amide bonds. The molecule has 3 aromatic rings. The third kappa shape index (κ3) is 2.65. The zero-order valence-electron chi connectivity index (χ0n) is 11.4. The van der Waals surface area contributed by atoms with Crippen molar-refractivity contribution in [3.8, 4) is 0 Å². The lowest BCUT2D eigenvalue weighted by Crippen LogP contribution is -2.35. The predicted octanol–water partition coefficient (Wildman–Crippen LogP) is 1.67. The van der Waals surface area contributed by atoms with Gasteiger partial charge in [-0.25, -0.2) is 0 Å². The minimum Gasteiger partial charge on any atom is -0.345 e. The van der Waals surface area contributed by atoms with Crippen LogP contribution in [0.25, 0.3) is 5.65 Å². The van der Waals surface area contributed by atoms with Crippen LogP contribution in [-0.4, -0.2) is 20.5 Å². The number of rotatable bonds is 4. The molecule has 3 rings (SSSR count). The van der Waals surface area contributed by atoms with Crippen molar-refractivity contribution in [2.75, 3.05) is 0 Å². The molecule has 3 heterocycles. The predicted molar refractivity (Wildman–Crippen MR) is 80.8 cm³/mol. The first-order valence-electron chi connectivity index (χ1n) is 6.56. The molecule has 0 bridgehead atoms. The smallest absolute Gasteiger partial charge is 0.242 e. The summed E-state index contributed by atoms with van der Waals surface area (Å²) in [6.45, 7) is 1.86. The number of carbonyl (C=O) groups is 1. The van der Waals surface area contributed by atoms with Gasteiger partial charge in [-0.05, 0) is 30.5 Å². The lowest BCUT2D eigenvalue weighted by atomic mass is 10.2. The SMILES string of the molecule is CC(NC(=O)C(N)c1cccs1)c1nnc2ccccn12. The third-order valence-corrected chi connectivity index (χ3v) is 4.17. The number of carbonyl (C=O) groups excluding carboxylic acids is 1. The summed E-state index contributed by atoms with van der Waals surface area (Å²) in [6.07, 6.45) is 1.87. The molecule has 0 aliphatic rings. The zero-order valence-corrected chi connectivity index (χ0v) is 12.2. The van der Waals surface area contributed by atoms with Gasteiger partial charge in [0.05, 0.1) is 6.04 Å². The summed E-state index contributed by atoms with van der Waals surface area (Å²) < 4.78 is 1.85. The van der Waals surface area contributed by atoms with Crippen LogP contribution in [0.15, 0.2) is 41.9 Å². The monoisotopic (exact) mass is 301 g/mol. The third-order valence-electron chi connectivity index (χ3n) is 3.22. The molecule has 0 radical (unpaired) electrons. The molecule has 7 heteroatoms. The Morgan fingerprint density at radius 2 is 2.19 bits per heavy atom. The maximum absolute atomic E-state index is 12.2. The molecule has 0 aromatic carbocycles. The molecule has 21 heavy (non-hydrogen) atoms. The summed E-state index contributed by atoms with van der Waals surface area (Å²) in [7, 11) is 0. The molecule has 3 N–H and O–H groups in total. The molecular formula is C14H15N5OS. The first-order chi connectivity index (χ1) is 10.2.